The number of aliphatic hydroxyl groups excluding tert-OH is 1. The smallest absolute Gasteiger partial charge is 0.409 e. The molecule has 0 spiro atoms. The van der Waals surface area contributed by atoms with Crippen LogP contribution in [0, 0.1) is 0 Å². The van der Waals surface area contributed by atoms with E-state index in [1.165, 1.54) is 12.8 Å². The monoisotopic (exact) mass is 300 g/mol. The minimum absolute atomic E-state index is 0.234. The lowest BCUT2D eigenvalue weighted by atomic mass is 10.2. The van der Waals surface area contributed by atoms with E-state index >= 15 is 0 Å². The van der Waals surface area contributed by atoms with Crippen LogP contribution in [0.2, 0.25) is 0 Å². The van der Waals surface area contributed by atoms with Gasteiger partial charge in [-0.3, -0.25) is 4.90 Å². The second-order valence-electron chi connectivity index (χ2n) is 5.88. The van der Waals surface area contributed by atoms with Gasteiger partial charge in [-0.2, -0.15) is 0 Å². The van der Waals surface area contributed by atoms with Gasteiger partial charge in [0.15, 0.2) is 0 Å². The Morgan fingerprint density at radius 3 is 2.52 bits per heavy atom. The second-order valence-corrected chi connectivity index (χ2v) is 5.88. The molecule has 122 valence electrons. The Morgan fingerprint density at radius 2 is 1.90 bits per heavy atom. The zero-order chi connectivity index (χ0) is 15.1. The van der Waals surface area contributed by atoms with Gasteiger partial charge in [0, 0.05) is 32.7 Å². The minimum atomic E-state index is -0.445. The largest absolute Gasteiger partial charge is 0.450 e. The van der Waals surface area contributed by atoms with Crippen molar-refractivity contribution < 1.29 is 19.4 Å². The first kappa shape index (κ1) is 16.5. The molecule has 6 heteroatoms. The molecule has 1 N–H and O–H groups in total. The van der Waals surface area contributed by atoms with Gasteiger partial charge in [0.1, 0.15) is 0 Å². The molecule has 2 rings (SSSR count). The highest BCUT2D eigenvalue weighted by atomic mass is 16.6. The number of aliphatic hydroxyl groups is 1. The van der Waals surface area contributed by atoms with Crippen LogP contribution in [-0.4, -0.2) is 79.1 Å². The first-order valence-corrected chi connectivity index (χ1v) is 8.12. The van der Waals surface area contributed by atoms with Crippen molar-refractivity contribution in [3.05, 3.63) is 0 Å². The molecule has 2 aliphatic rings. The number of hydrogen-bond acceptors (Lipinski definition) is 5. The van der Waals surface area contributed by atoms with Crippen LogP contribution in [0.25, 0.3) is 0 Å². The molecule has 1 aliphatic heterocycles. The van der Waals surface area contributed by atoms with Gasteiger partial charge in [0.2, 0.25) is 0 Å². The normalized spacial score (nSPS) is 22.5. The fourth-order valence-electron chi connectivity index (χ4n) is 2.98. The van der Waals surface area contributed by atoms with E-state index in [1.54, 1.807) is 4.90 Å². The van der Waals surface area contributed by atoms with E-state index in [2.05, 4.69) is 4.90 Å². The average Bonchev–Trinajstić information content (AvgIpc) is 2.99. The van der Waals surface area contributed by atoms with Crippen LogP contribution in [0.3, 0.4) is 0 Å². The zero-order valence-corrected chi connectivity index (χ0v) is 13.0. The SMILES string of the molecule is CCOC(=O)N1CCN(CC(O)COC2CCCC2)CC1. The van der Waals surface area contributed by atoms with Crippen LogP contribution in [0.5, 0.6) is 0 Å². The number of hydrogen-bond donors (Lipinski definition) is 1. The zero-order valence-electron chi connectivity index (χ0n) is 13.0. The summed E-state index contributed by atoms with van der Waals surface area (Å²) in [5.41, 5.74) is 0. The number of rotatable bonds is 6. The Balaban J connectivity index is 1.60. The van der Waals surface area contributed by atoms with Gasteiger partial charge < -0.3 is 19.5 Å². The Labute approximate surface area is 127 Å². The number of amides is 1. The second kappa shape index (κ2) is 8.56. The van der Waals surface area contributed by atoms with E-state index in [-0.39, 0.29) is 6.09 Å². The average molecular weight is 300 g/mol. The third-order valence-electron chi connectivity index (χ3n) is 4.19. The molecule has 1 amide bonds. The van der Waals surface area contributed by atoms with Crippen LogP contribution >= 0.6 is 0 Å². The topological polar surface area (TPSA) is 62.2 Å². The number of carbonyl (C=O) groups excluding carboxylic acids is 1. The van der Waals surface area contributed by atoms with Gasteiger partial charge in [-0.15, -0.1) is 0 Å². The molecule has 1 saturated carbocycles. The molecule has 6 nitrogen and oxygen atoms in total. The van der Waals surface area contributed by atoms with Crippen molar-refractivity contribution in [3.63, 3.8) is 0 Å². The molecule has 1 unspecified atom stereocenters. The number of ether oxygens (including phenoxy) is 2. The molecule has 1 saturated heterocycles. The van der Waals surface area contributed by atoms with E-state index in [9.17, 15) is 9.90 Å². The first-order valence-electron chi connectivity index (χ1n) is 8.12. The maximum atomic E-state index is 11.6. The molecular formula is C15H28N2O4. The minimum Gasteiger partial charge on any atom is -0.450 e. The Hall–Kier alpha value is -0.850. The molecule has 1 atom stereocenters. The quantitative estimate of drug-likeness (QED) is 0.795. The lowest BCUT2D eigenvalue weighted by Gasteiger charge is -2.35. The summed E-state index contributed by atoms with van der Waals surface area (Å²) < 4.78 is 10.7. The lowest BCUT2D eigenvalue weighted by molar-refractivity contribution is -0.0231. The van der Waals surface area contributed by atoms with Gasteiger partial charge >= 0.3 is 6.09 Å². The van der Waals surface area contributed by atoms with Gasteiger partial charge in [0.25, 0.3) is 0 Å². The van der Waals surface area contributed by atoms with Crippen LogP contribution in [0.15, 0.2) is 0 Å². The molecule has 21 heavy (non-hydrogen) atoms. The van der Waals surface area contributed by atoms with E-state index in [0.29, 0.717) is 39.0 Å². The van der Waals surface area contributed by atoms with Gasteiger partial charge in [0.05, 0.1) is 25.4 Å². The van der Waals surface area contributed by atoms with Crippen molar-refractivity contribution >= 4 is 6.09 Å². The fourth-order valence-corrected chi connectivity index (χ4v) is 2.98. The Bertz CT molecular complexity index is 313. The van der Waals surface area contributed by atoms with Crippen molar-refractivity contribution in [2.45, 2.75) is 44.8 Å². The van der Waals surface area contributed by atoms with E-state index in [0.717, 1.165) is 25.9 Å². The maximum absolute atomic E-state index is 11.6. The van der Waals surface area contributed by atoms with Gasteiger partial charge in [-0.25, -0.2) is 4.79 Å². The van der Waals surface area contributed by atoms with E-state index in [4.69, 9.17) is 9.47 Å². The predicted octanol–water partition coefficient (Wildman–Crippen LogP) is 1.08. The van der Waals surface area contributed by atoms with E-state index < -0.39 is 6.10 Å². The summed E-state index contributed by atoms with van der Waals surface area (Å²) in [6.45, 7) is 6.14. The summed E-state index contributed by atoms with van der Waals surface area (Å²) in [5.74, 6) is 0. The predicted molar refractivity (Wildman–Crippen MR) is 79.2 cm³/mol. The molecule has 0 aromatic heterocycles. The molecule has 2 fully saturated rings. The highest BCUT2D eigenvalue weighted by Gasteiger charge is 2.24. The Morgan fingerprint density at radius 1 is 1.24 bits per heavy atom. The van der Waals surface area contributed by atoms with Crippen LogP contribution in [-0.2, 0) is 9.47 Å². The van der Waals surface area contributed by atoms with Crippen molar-refractivity contribution in [2.75, 3.05) is 45.9 Å². The summed E-state index contributed by atoms with van der Waals surface area (Å²) >= 11 is 0. The first-order chi connectivity index (χ1) is 10.2. The maximum Gasteiger partial charge on any atom is 0.409 e. The number of β-amino-alcohol motifs (C(OH)–C–C–N with tert-alkyl or cyclic N) is 1. The number of carbonyl (C=O) groups is 1. The highest BCUT2D eigenvalue weighted by molar-refractivity contribution is 5.67. The highest BCUT2D eigenvalue weighted by Crippen LogP contribution is 2.21. The fraction of sp³-hybridized carbons (Fsp3) is 0.933. The van der Waals surface area contributed by atoms with Gasteiger partial charge in [-0.05, 0) is 19.8 Å². The van der Waals surface area contributed by atoms with E-state index in [1.807, 2.05) is 6.92 Å². The number of piperazine rings is 1. The standard InChI is InChI=1S/C15H28N2O4/c1-2-20-15(19)17-9-7-16(8-10-17)11-13(18)12-21-14-5-3-4-6-14/h13-14,18H,2-12H2,1H3. The third-order valence-corrected chi connectivity index (χ3v) is 4.19. The molecule has 0 aromatic carbocycles. The summed E-state index contributed by atoms with van der Waals surface area (Å²) in [7, 11) is 0. The molecule has 0 radical (unpaired) electrons. The van der Waals surface area contributed by atoms with Crippen molar-refractivity contribution in [2.24, 2.45) is 0 Å². The Kier molecular flexibility index (Phi) is 6.73. The van der Waals surface area contributed by atoms with Crippen LogP contribution in [0.4, 0.5) is 4.79 Å². The summed E-state index contributed by atoms with van der Waals surface area (Å²) in [6.07, 6.45) is 4.42. The summed E-state index contributed by atoms with van der Waals surface area (Å²) in [6, 6.07) is 0. The van der Waals surface area contributed by atoms with Crippen molar-refractivity contribution in [1.29, 1.82) is 0 Å². The lowest BCUT2D eigenvalue weighted by Crippen LogP contribution is -2.51. The third kappa shape index (κ3) is 5.45. The molecular weight excluding hydrogens is 272 g/mol. The molecule has 0 bridgehead atoms. The molecule has 0 aromatic rings. The number of nitrogens with zero attached hydrogens (tertiary/aromatic N) is 2. The summed E-state index contributed by atoms with van der Waals surface area (Å²) in [5, 5.41) is 10.0. The molecule has 1 heterocycles. The van der Waals surface area contributed by atoms with Crippen molar-refractivity contribution in [1.82, 2.24) is 9.80 Å². The van der Waals surface area contributed by atoms with Crippen LogP contribution < -0.4 is 0 Å². The van der Waals surface area contributed by atoms with Crippen molar-refractivity contribution in [3.8, 4) is 0 Å². The van der Waals surface area contributed by atoms with Crippen LogP contribution in [0.1, 0.15) is 32.6 Å². The van der Waals surface area contributed by atoms with Gasteiger partial charge in [-0.1, -0.05) is 12.8 Å². The molecule has 1 aliphatic carbocycles. The summed E-state index contributed by atoms with van der Waals surface area (Å²) in [4.78, 5) is 15.5.